The lowest BCUT2D eigenvalue weighted by Gasteiger charge is -2.34. The minimum Gasteiger partial charge on any atom is -0.492 e. The van der Waals surface area contributed by atoms with E-state index in [0.29, 0.717) is 17.3 Å². The number of anilines is 1. The lowest BCUT2D eigenvalue weighted by molar-refractivity contribution is -0.140. The molecule has 0 aliphatic carbocycles. The Bertz CT molecular complexity index is 1670. The summed E-state index contributed by atoms with van der Waals surface area (Å²) < 4.78 is 35.4. The SMILES string of the molecule is CCCCNC(=O)C(Cc1ccccc1)N(Cc1ccccc1)C(=O)CN(c1ccccc1OCC)S(=O)(=O)c1ccc(Cl)cc1. The van der Waals surface area contributed by atoms with Gasteiger partial charge in [-0.3, -0.25) is 13.9 Å². The van der Waals surface area contributed by atoms with E-state index in [9.17, 15) is 18.0 Å². The van der Waals surface area contributed by atoms with E-state index in [1.807, 2.05) is 67.6 Å². The van der Waals surface area contributed by atoms with Gasteiger partial charge in [0, 0.05) is 24.5 Å². The zero-order chi connectivity index (χ0) is 32.9. The van der Waals surface area contributed by atoms with E-state index in [1.54, 1.807) is 31.2 Å². The van der Waals surface area contributed by atoms with Crippen LogP contribution in [0.25, 0.3) is 0 Å². The molecule has 4 rings (SSSR count). The molecule has 46 heavy (non-hydrogen) atoms. The molecule has 0 saturated carbocycles. The monoisotopic (exact) mass is 661 g/mol. The molecule has 0 spiro atoms. The van der Waals surface area contributed by atoms with Crippen molar-refractivity contribution in [3.8, 4) is 5.75 Å². The van der Waals surface area contributed by atoms with Gasteiger partial charge in [-0.25, -0.2) is 8.42 Å². The first-order valence-corrected chi connectivity index (χ1v) is 17.2. The molecule has 0 fully saturated rings. The minimum atomic E-state index is -4.29. The van der Waals surface area contributed by atoms with Gasteiger partial charge in [-0.05, 0) is 60.9 Å². The Labute approximate surface area is 277 Å². The molecule has 4 aromatic carbocycles. The van der Waals surface area contributed by atoms with Crippen molar-refractivity contribution in [2.75, 3.05) is 24.0 Å². The van der Waals surface area contributed by atoms with Crippen molar-refractivity contribution in [1.29, 1.82) is 0 Å². The number of rotatable bonds is 16. The number of hydrogen-bond donors (Lipinski definition) is 1. The third kappa shape index (κ3) is 9.11. The maximum Gasteiger partial charge on any atom is 0.264 e. The number of nitrogens with zero attached hydrogens (tertiary/aromatic N) is 2. The van der Waals surface area contributed by atoms with Crippen LogP contribution in [0.15, 0.2) is 114 Å². The van der Waals surface area contributed by atoms with Gasteiger partial charge in [0.25, 0.3) is 10.0 Å². The van der Waals surface area contributed by atoms with Crippen LogP contribution in [0.5, 0.6) is 5.75 Å². The number of amides is 2. The summed E-state index contributed by atoms with van der Waals surface area (Å²) in [5, 5.41) is 3.38. The van der Waals surface area contributed by atoms with Crippen molar-refractivity contribution < 1.29 is 22.7 Å². The van der Waals surface area contributed by atoms with Crippen LogP contribution in [0.2, 0.25) is 5.02 Å². The lowest BCUT2D eigenvalue weighted by atomic mass is 10.0. The third-order valence-electron chi connectivity index (χ3n) is 7.41. The van der Waals surface area contributed by atoms with Crippen LogP contribution < -0.4 is 14.4 Å². The number of carbonyl (C=O) groups excluding carboxylic acids is 2. The number of ether oxygens (including phenoxy) is 1. The fourth-order valence-corrected chi connectivity index (χ4v) is 6.58. The van der Waals surface area contributed by atoms with Crippen molar-refractivity contribution in [3.05, 3.63) is 125 Å². The van der Waals surface area contributed by atoms with Gasteiger partial charge in [-0.2, -0.15) is 0 Å². The topological polar surface area (TPSA) is 96.0 Å². The molecule has 0 aliphatic heterocycles. The van der Waals surface area contributed by atoms with Crippen molar-refractivity contribution >= 4 is 39.1 Å². The normalized spacial score (nSPS) is 11.8. The second kappa shape index (κ2) is 16.8. The molecular weight excluding hydrogens is 622 g/mol. The number of sulfonamides is 1. The van der Waals surface area contributed by atoms with Crippen molar-refractivity contribution in [1.82, 2.24) is 10.2 Å². The van der Waals surface area contributed by atoms with E-state index in [2.05, 4.69) is 5.32 Å². The summed E-state index contributed by atoms with van der Waals surface area (Å²) in [7, 11) is -4.29. The van der Waals surface area contributed by atoms with Gasteiger partial charge >= 0.3 is 0 Å². The van der Waals surface area contributed by atoms with Crippen LogP contribution in [0.3, 0.4) is 0 Å². The number of para-hydroxylation sites is 2. The Hall–Kier alpha value is -4.34. The predicted molar refractivity (Wildman–Crippen MR) is 182 cm³/mol. The lowest BCUT2D eigenvalue weighted by Crippen LogP contribution is -2.53. The quantitative estimate of drug-likeness (QED) is 0.139. The molecule has 0 aromatic heterocycles. The predicted octanol–water partition coefficient (Wildman–Crippen LogP) is 6.49. The van der Waals surface area contributed by atoms with Crippen LogP contribution in [0, 0.1) is 0 Å². The fraction of sp³-hybridized carbons (Fsp3) is 0.278. The number of carbonyl (C=O) groups is 2. The summed E-state index contributed by atoms with van der Waals surface area (Å²) in [6.45, 7) is 4.11. The number of unbranched alkanes of at least 4 members (excludes halogenated alkanes) is 1. The molecule has 10 heteroatoms. The minimum absolute atomic E-state index is 0.0382. The van der Waals surface area contributed by atoms with E-state index in [-0.39, 0.29) is 36.1 Å². The van der Waals surface area contributed by atoms with Crippen molar-refractivity contribution in [2.24, 2.45) is 0 Å². The molecule has 2 amide bonds. The number of hydrogen-bond acceptors (Lipinski definition) is 5. The number of nitrogens with one attached hydrogen (secondary N) is 1. The summed E-state index contributed by atoms with van der Waals surface area (Å²) in [4.78, 5) is 29.9. The molecule has 0 bridgehead atoms. The molecular formula is C36H40ClN3O5S. The van der Waals surface area contributed by atoms with Crippen molar-refractivity contribution in [2.45, 2.75) is 50.6 Å². The van der Waals surface area contributed by atoms with E-state index in [0.717, 1.165) is 28.3 Å². The molecule has 1 unspecified atom stereocenters. The Morgan fingerprint density at radius 1 is 0.826 bits per heavy atom. The Kier molecular flexibility index (Phi) is 12.6. The van der Waals surface area contributed by atoms with Gasteiger partial charge in [0.2, 0.25) is 11.8 Å². The molecule has 0 aliphatic rings. The highest BCUT2D eigenvalue weighted by molar-refractivity contribution is 7.92. The summed E-state index contributed by atoms with van der Waals surface area (Å²) in [6.07, 6.45) is 1.93. The molecule has 242 valence electrons. The smallest absolute Gasteiger partial charge is 0.264 e. The largest absolute Gasteiger partial charge is 0.492 e. The second-order valence-electron chi connectivity index (χ2n) is 10.7. The van der Waals surface area contributed by atoms with Crippen LogP contribution in [-0.2, 0) is 32.6 Å². The highest BCUT2D eigenvalue weighted by Gasteiger charge is 2.35. The van der Waals surface area contributed by atoms with Crippen LogP contribution in [-0.4, -0.2) is 50.9 Å². The van der Waals surface area contributed by atoms with Gasteiger partial charge in [-0.15, -0.1) is 0 Å². The molecule has 0 heterocycles. The summed E-state index contributed by atoms with van der Waals surface area (Å²) >= 11 is 6.08. The van der Waals surface area contributed by atoms with Gasteiger partial charge in [0.15, 0.2) is 0 Å². The summed E-state index contributed by atoms with van der Waals surface area (Å²) in [6, 6.07) is 30.4. The second-order valence-corrected chi connectivity index (χ2v) is 13.0. The van der Waals surface area contributed by atoms with Crippen LogP contribution >= 0.6 is 11.6 Å². The fourth-order valence-electron chi connectivity index (χ4n) is 5.03. The highest BCUT2D eigenvalue weighted by Crippen LogP contribution is 2.33. The number of halogens is 1. The van der Waals surface area contributed by atoms with Crippen LogP contribution in [0.4, 0.5) is 5.69 Å². The van der Waals surface area contributed by atoms with Gasteiger partial charge in [0.05, 0.1) is 17.2 Å². The summed E-state index contributed by atoms with van der Waals surface area (Å²) in [5.41, 5.74) is 1.88. The summed E-state index contributed by atoms with van der Waals surface area (Å²) in [5.74, 6) is -0.536. The average molecular weight is 662 g/mol. The zero-order valence-electron chi connectivity index (χ0n) is 26.1. The molecule has 4 aromatic rings. The van der Waals surface area contributed by atoms with E-state index in [4.69, 9.17) is 16.3 Å². The van der Waals surface area contributed by atoms with E-state index in [1.165, 1.54) is 29.2 Å². The van der Waals surface area contributed by atoms with Crippen LogP contribution in [0.1, 0.15) is 37.8 Å². The van der Waals surface area contributed by atoms with E-state index >= 15 is 0 Å². The van der Waals surface area contributed by atoms with Crippen molar-refractivity contribution in [3.63, 3.8) is 0 Å². The Morgan fingerprint density at radius 3 is 2.07 bits per heavy atom. The Morgan fingerprint density at radius 2 is 1.43 bits per heavy atom. The highest BCUT2D eigenvalue weighted by atomic mass is 35.5. The first-order chi connectivity index (χ1) is 22.2. The first kappa shape index (κ1) is 34.5. The zero-order valence-corrected chi connectivity index (χ0v) is 27.7. The van der Waals surface area contributed by atoms with Gasteiger partial charge in [-0.1, -0.05) is 97.7 Å². The Balaban J connectivity index is 1.81. The maximum atomic E-state index is 14.6. The molecule has 8 nitrogen and oxygen atoms in total. The van der Waals surface area contributed by atoms with Gasteiger partial charge < -0.3 is 15.0 Å². The third-order valence-corrected chi connectivity index (χ3v) is 9.44. The molecule has 0 radical (unpaired) electrons. The standard InChI is InChI=1S/C36H40ClN3O5S/c1-3-5-24-38-36(42)33(25-28-14-8-6-9-15-28)39(26-29-16-10-7-11-17-29)35(41)27-40(32-18-12-13-19-34(32)45-4-2)46(43,44)31-22-20-30(37)21-23-31/h6-23,33H,3-5,24-27H2,1-2H3,(H,38,42). The molecule has 0 saturated heterocycles. The maximum absolute atomic E-state index is 14.6. The molecule has 1 atom stereocenters. The average Bonchev–Trinajstić information content (AvgIpc) is 3.07. The van der Waals surface area contributed by atoms with Gasteiger partial charge in [0.1, 0.15) is 18.3 Å². The van der Waals surface area contributed by atoms with E-state index < -0.39 is 28.5 Å². The number of benzene rings is 4. The first-order valence-electron chi connectivity index (χ1n) is 15.4. The molecule has 1 N–H and O–H groups in total.